The number of hydrogen-bond acceptors (Lipinski definition) is 4. The first-order chi connectivity index (χ1) is 7.43. The van der Waals surface area contributed by atoms with Gasteiger partial charge in [-0.2, -0.15) is 0 Å². The van der Waals surface area contributed by atoms with Crippen molar-refractivity contribution in [3.63, 3.8) is 0 Å². The minimum atomic E-state index is -1.30. The maximum atomic E-state index is 11.5. The molecule has 0 heterocycles. The molecule has 0 amide bonds. The zero-order valence-electron chi connectivity index (χ0n) is 8.25. The summed E-state index contributed by atoms with van der Waals surface area (Å²) in [6.07, 6.45) is -0.242. The molecule has 0 saturated heterocycles. The minimum Gasteiger partial charge on any atom is -0.481 e. The summed E-state index contributed by atoms with van der Waals surface area (Å²) in [6.45, 7) is 0. The Bertz CT molecular complexity index is 360. The average Bonchev–Trinajstić information content (AvgIpc) is 2.17. The fourth-order valence-corrected chi connectivity index (χ4v) is 2.77. The number of carbonyl (C=O) groups is 4. The van der Waals surface area contributed by atoms with E-state index < -0.39 is 35.6 Å². The van der Waals surface area contributed by atoms with Gasteiger partial charge in [0.2, 0.25) is 0 Å². The maximum absolute atomic E-state index is 11.5. The summed E-state index contributed by atoms with van der Waals surface area (Å²) in [5.41, 5.74) is 0. The fraction of sp³-hybridized carbons (Fsp3) is 0.600. The van der Waals surface area contributed by atoms with E-state index >= 15 is 0 Å². The lowest BCUT2D eigenvalue weighted by molar-refractivity contribution is -0.172. The minimum absolute atomic E-state index is 0.121. The van der Waals surface area contributed by atoms with Gasteiger partial charge in [0.05, 0.1) is 11.8 Å². The van der Waals surface area contributed by atoms with Crippen LogP contribution in [0.15, 0.2) is 0 Å². The standard InChI is InChI=1S/C10H10O6/c11-5-1-3-6(12)2-4(5)8(10(15)16)7(3)9(13)14/h3-4,7-8H,1-2H2,(H,13,14)(H,15,16). The average molecular weight is 226 g/mol. The Morgan fingerprint density at radius 3 is 1.44 bits per heavy atom. The second kappa shape index (κ2) is 3.40. The molecule has 0 spiro atoms. The second-order valence-corrected chi connectivity index (χ2v) is 4.28. The summed E-state index contributed by atoms with van der Waals surface area (Å²) in [4.78, 5) is 44.9. The summed E-state index contributed by atoms with van der Waals surface area (Å²) in [6, 6.07) is 0. The molecule has 4 unspecified atom stereocenters. The lowest BCUT2D eigenvalue weighted by atomic mass is 9.57. The monoisotopic (exact) mass is 226 g/mol. The number of ketones is 2. The highest BCUT2D eigenvalue weighted by Gasteiger charge is 2.57. The van der Waals surface area contributed by atoms with Gasteiger partial charge in [0.25, 0.3) is 0 Å². The first-order valence-electron chi connectivity index (χ1n) is 4.94. The number of carbonyl (C=O) groups excluding carboxylic acids is 2. The van der Waals surface area contributed by atoms with E-state index in [1.807, 2.05) is 0 Å². The van der Waals surface area contributed by atoms with Crippen molar-refractivity contribution in [3.05, 3.63) is 0 Å². The highest BCUT2D eigenvalue weighted by molar-refractivity contribution is 6.04. The molecule has 3 rings (SSSR count). The van der Waals surface area contributed by atoms with Crippen LogP contribution >= 0.6 is 0 Å². The molecule has 3 aliphatic rings. The van der Waals surface area contributed by atoms with Crippen LogP contribution in [0.5, 0.6) is 0 Å². The Balaban J connectivity index is 2.43. The molecule has 4 atom stereocenters. The van der Waals surface area contributed by atoms with E-state index in [-0.39, 0.29) is 24.4 Å². The van der Waals surface area contributed by atoms with E-state index in [1.165, 1.54) is 0 Å². The Labute approximate surface area is 90.2 Å². The Hall–Kier alpha value is -1.72. The smallest absolute Gasteiger partial charge is 0.308 e. The zero-order valence-corrected chi connectivity index (χ0v) is 8.25. The molecule has 3 saturated carbocycles. The fourth-order valence-electron chi connectivity index (χ4n) is 2.77. The van der Waals surface area contributed by atoms with E-state index in [4.69, 9.17) is 10.2 Å². The van der Waals surface area contributed by atoms with Crippen LogP contribution in [0.2, 0.25) is 0 Å². The number of carboxylic acid groups (broad SMARTS) is 2. The SMILES string of the molecule is O=C1CC2C(=O)CC1C(C(=O)O)C2C(=O)O. The zero-order chi connectivity index (χ0) is 12.0. The van der Waals surface area contributed by atoms with E-state index in [1.54, 1.807) is 0 Å². The summed E-state index contributed by atoms with van der Waals surface area (Å²) in [5, 5.41) is 17.9. The van der Waals surface area contributed by atoms with Crippen LogP contribution in [-0.2, 0) is 19.2 Å². The van der Waals surface area contributed by atoms with Crippen LogP contribution in [0.1, 0.15) is 12.8 Å². The van der Waals surface area contributed by atoms with Crippen molar-refractivity contribution in [2.45, 2.75) is 12.8 Å². The predicted octanol–water partition coefficient (Wildman–Crippen LogP) is -0.434. The first kappa shape index (κ1) is 10.8. The quantitative estimate of drug-likeness (QED) is 0.661. The van der Waals surface area contributed by atoms with Crippen molar-refractivity contribution in [2.75, 3.05) is 0 Å². The molecule has 3 fully saturated rings. The van der Waals surface area contributed by atoms with Gasteiger partial charge in [-0.05, 0) is 0 Å². The number of fused-ring (bicyclic) bond motifs is 3. The van der Waals surface area contributed by atoms with Gasteiger partial charge in [0.1, 0.15) is 11.6 Å². The highest BCUT2D eigenvalue weighted by atomic mass is 16.4. The van der Waals surface area contributed by atoms with Gasteiger partial charge >= 0.3 is 11.9 Å². The lowest BCUT2D eigenvalue weighted by Crippen LogP contribution is -2.55. The van der Waals surface area contributed by atoms with Gasteiger partial charge in [-0.1, -0.05) is 0 Å². The molecule has 0 aromatic heterocycles. The lowest BCUT2D eigenvalue weighted by Gasteiger charge is -2.42. The molecular formula is C10H10O6. The molecule has 0 aromatic rings. The highest BCUT2D eigenvalue weighted by Crippen LogP contribution is 2.45. The molecular weight excluding hydrogens is 216 g/mol. The normalized spacial score (nSPS) is 37.5. The van der Waals surface area contributed by atoms with Crippen molar-refractivity contribution in [3.8, 4) is 0 Å². The molecule has 6 nitrogen and oxygen atoms in total. The van der Waals surface area contributed by atoms with Gasteiger partial charge < -0.3 is 10.2 Å². The third-order valence-corrected chi connectivity index (χ3v) is 3.49. The van der Waals surface area contributed by atoms with Gasteiger partial charge in [0, 0.05) is 24.7 Å². The molecule has 3 aliphatic carbocycles. The Morgan fingerprint density at radius 1 is 0.875 bits per heavy atom. The summed E-state index contributed by atoms with van der Waals surface area (Å²) >= 11 is 0. The van der Waals surface area contributed by atoms with E-state index in [0.717, 1.165) is 0 Å². The largest absolute Gasteiger partial charge is 0.481 e. The van der Waals surface area contributed by atoms with Crippen LogP contribution in [-0.4, -0.2) is 33.7 Å². The first-order valence-corrected chi connectivity index (χ1v) is 4.94. The Morgan fingerprint density at radius 2 is 1.19 bits per heavy atom. The predicted molar refractivity (Wildman–Crippen MR) is 48.5 cm³/mol. The molecule has 2 bridgehead atoms. The third-order valence-electron chi connectivity index (χ3n) is 3.49. The number of rotatable bonds is 2. The molecule has 86 valence electrons. The molecule has 0 aromatic carbocycles. The van der Waals surface area contributed by atoms with Crippen LogP contribution in [0.4, 0.5) is 0 Å². The molecule has 0 aliphatic heterocycles. The summed E-state index contributed by atoms with van der Waals surface area (Å²) < 4.78 is 0. The number of Topliss-reactive ketones (excluding diaryl/α,β-unsaturated/α-hetero) is 2. The second-order valence-electron chi connectivity index (χ2n) is 4.28. The van der Waals surface area contributed by atoms with Crippen molar-refractivity contribution < 1.29 is 29.4 Å². The summed E-state index contributed by atoms with van der Waals surface area (Å²) in [7, 11) is 0. The van der Waals surface area contributed by atoms with Gasteiger partial charge in [-0.25, -0.2) is 0 Å². The van der Waals surface area contributed by atoms with E-state index in [9.17, 15) is 19.2 Å². The van der Waals surface area contributed by atoms with Crippen LogP contribution in [0.3, 0.4) is 0 Å². The number of carboxylic acids is 2. The maximum Gasteiger partial charge on any atom is 0.308 e. The van der Waals surface area contributed by atoms with Gasteiger partial charge in [-0.3, -0.25) is 19.2 Å². The van der Waals surface area contributed by atoms with E-state index in [2.05, 4.69) is 0 Å². The Kier molecular flexibility index (Phi) is 2.29. The van der Waals surface area contributed by atoms with Crippen LogP contribution in [0, 0.1) is 23.7 Å². The van der Waals surface area contributed by atoms with Gasteiger partial charge in [-0.15, -0.1) is 0 Å². The number of hydrogen-bond donors (Lipinski definition) is 2. The van der Waals surface area contributed by atoms with Crippen molar-refractivity contribution in [1.29, 1.82) is 0 Å². The molecule has 2 N–H and O–H groups in total. The van der Waals surface area contributed by atoms with Crippen molar-refractivity contribution in [2.24, 2.45) is 23.7 Å². The topological polar surface area (TPSA) is 109 Å². The molecule has 0 radical (unpaired) electrons. The van der Waals surface area contributed by atoms with E-state index in [0.29, 0.717) is 0 Å². The van der Waals surface area contributed by atoms with Crippen LogP contribution in [0.25, 0.3) is 0 Å². The van der Waals surface area contributed by atoms with Crippen molar-refractivity contribution in [1.82, 2.24) is 0 Å². The number of aliphatic carboxylic acids is 2. The molecule has 16 heavy (non-hydrogen) atoms. The van der Waals surface area contributed by atoms with Crippen LogP contribution < -0.4 is 0 Å². The van der Waals surface area contributed by atoms with Crippen molar-refractivity contribution >= 4 is 23.5 Å². The van der Waals surface area contributed by atoms with Gasteiger partial charge in [0.15, 0.2) is 0 Å². The summed E-state index contributed by atoms with van der Waals surface area (Å²) in [5.74, 6) is -7.59. The molecule has 6 heteroatoms. The third kappa shape index (κ3) is 1.33.